The zero-order valence-electron chi connectivity index (χ0n) is 13.2. The zero-order valence-corrected chi connectivity index (χ0v) is 14.8. The lowest BCUT2D eigenvalue weighted by atomic mass is 9.88. The lowest BCUT2D eigenvalue weighted by Crippen LogP contribution is -2.44. The Kier molecular flexibility index (Phi) is 4.43. The summed E-state index contributed by atoms with van der Waals surface area (Å²) in [7, 11) is 0. The minimum atomic E-state index is -0.328. The normalized spacial score (nSPS) is 20.3. The predicted molar refractivity (Wildman–Crippen MR) is 94.8 cm³/mol. The number of alkyl halides is 1. The van der Waals surface area contributed by atoms with Gasteiger partial charge in [0.05, 0.1) is 6.04 Å². The summed E-state index contributed by atoms with van der Waals surface area (Å²) < 4.78 is 2.69. The Morgan fingerprint density at radius 1 is 1.13 bits per heavy atom. The summed E-state index contributed by atoms with van der Waals surface area (Å²) in [6.45, 7) is 3.66. The van der Waals surface area contributed by atoms with Crippen LogP contribution in [0.1, 0.15) is 54.7 Å². The lowest BCUT2D eigenvalue weighted by Gasteiger charge is -2.30. The molecule has 6 heteroatoms. The van der Waals surface area contributed by atoms with Crippen LogP contribution in [0, 0.1) is 0 Å². The molecule has 0 aliphatic heterocycles. The van der Waals surface area contributed by atoms with Crippen LogP contribution in [-0.2, 0) is 0 Å². The average Bonchev–Trinajstić information content (AvgIpc) is 2.52. The van der Waals surface area contributed by atoms with Crippen molar-refractivity contribution in [2.24, 2.45) is 0 Å². The molecule has 1 aromatic carbocycles. The molecule has 1 aliphatic carbocycles. The topological polar surface area (TPSA) is 56.0 Å². The molecule has 23 heavy (non-hydrogen) atoms. The van der Waals surface area contributed by atoms with Crippen molar-refractivity contribution in [2.75, 3.05) is 5.43 Å². The Balaban J connectivity index is 1.98. The summed E-state index contributed by atoms with van der Waals surface area (Å²) >= 11 is 3.71. The average molecular weight is 378 g/mol. The van der Waals surface area contributed by atoms with Gasteiger partial charge in [-0.05, 0) is 37.8 Å². The number of halogens is 1. The van der Waals surface area contributed by atoms with Crippen LogP contribution in [-0.4, -0.2) is 9.24 Å². The highest BCUT2D eigenvalue weighted by Gasteiger charge is 2.25. The smallest absolute Gasteiger partial charge is 0.314 e. The van der Waals surface area contributed by atoms with E-state index in [-0.39, 0.29) is 23.3 Å². The second-order valence-corrected chi connectivity index (χ2v) is 7.23. The largest absolute Gasteiger partial charge is 0.349 e. The first-order valence-corrected chi connectivity index (χ1v) is 8.74. The maximum Gasteiger partial charge on any atom is 0.349 e. The van der Waals surface area contributed by atoms with Crippen molar-refractivity contribution in [3.63, 3.8) is 0 Å². The summed E-state index contributed by atoms with van der Waals surface area (Å²) in [4.78, 5) is 24.8. The number of aromatic nitrogens is 2. The maximum absolute atomic E-state index is 12.5. The third-order valence-electron chi connectivity index (χ3n) is 4.24. The van der Waals surface area contributed by atoms with Gasteiger partial charge in [-0.3, -0.25) is 9.36 Å². The van der Waals surface area contributed by atoms with Crippen LogP contribution in [0.3, 0.4) is 0 Å². The van der Waals surface area contributed by atoms with Crippen molar-refractivity contribution >= 4 is 15.9 Å². The molecule has 5 nitrogen and oxygen atoms in total. The van der Waals surface area contributed by atoms with E-state index in [2.05, 4.69) is 33.5 Å². The van der Waals surface area contributed by atoms with E-state index < -0.39 is 0 Å². The van der Waals surface area contributed by atoms with E-state index in [0.29, 0.717) is 4.83 Å². The second kappa shape index (κ2) is 6.35. The minimum Gasteiger partial charge on any atom is -0.314 e. The standard InChI is InChI=1S/C17H20BrN3O2/c1-11(2)21-16(22)9-10-20(17(21)23)19-15-8-7-14(18)12-5-3-4-6-13(12)15/h3-6,9-11,14-15,19H,7-8H2,1-2H3. The van der Waals surface area contributed by atoms with Crippen LogP contribution in [0.4, 0.5) is 0 Å². The molecule has 2 unspecified atom stereocenters. The monoisotopic (exact) mass is 377 g/mol. The number of hydrogen-bond donors (Lipinski definition) is 1. The van der Waals surface area contributed by atoms with E-state index in [0.717, 1.165) is 12.8 Å². The molecule has 0 fully saturated rings. The third kappa shape index (κ3) is 3.00. The third-order valence-corrected chi connectivity index (χ3v) is 5.20. The van der Waals surface area contributed by atoms with Gasteiger partial charge in [0, 0.05) is 23.1 Å². The van der Waals surface area contributed by atoms with Gasteiger partial charge in [-0.1, -0.05) is 40.2 Å². The SMILES string of the molecule is CC(C)n1c(=O)ccn(NC2CCC(Br)c3ccccc32)c1=O. The summed E-state index contributed by atoms with van der Waals surface area (Å²) in [5, 5.41) is 0. The first-order chi connectivity index (χ1) is 11.0. The van der Waals surface area contributed by atoms with Gasteiger partial charge < -0.3 is 5.43 Å². The molecular weight excluding hydrogens is 358 g/mol. The van der Waals surface area contributed by atoms with Crippen LogP contribution in [0.15, 0.2) is 46.1 Å². The van der Waals surface area contributed by atoms with Crippen LogP contribution in [0.25, 0.3) is 0 Å². The number of fused-ring (bicyclic) bond motifs is 1. The van der Waals surface area contributed by atoms with Crippen molar-refractivity contribution < 1.29 is 0 Å². The van der Waals surface area contributed by atoms with E-state index >= 15 is 0 Å². The number of rotatable bonds is 3. The first-order valence-electron chi connectivity index (χ1n) is 7.82. The van der Waals surface area contributed by atoms with Gasteiger partial charge in [0.25, 0.3) is 5.56 Å². The van der Waals surface area contributed by atoms with Crippen molar-refractivity contribution in [3.8, 4) is 0 Å². The van der Waals surface area contributed by atoms with Gasteiger partial charge in [-0.25, -0.2) is 9.47 Å². The molecule has 122 valence electrons. The van der Waals surface area contributed by atoms with Gasteiger partial charge in [0.2, 0.25) is 0 Å². The summed E-state index contributed by atoms with van der Waals surface area (Å²) in [5.41, 5.74) is 5.11. The highest BCUT2D eigenvalue weighted by Crippen LogP contribution is 2.40. The Morgan fingerprint density at radius 3 is 2.52 bits per heavy atom. The highest BCUT2D eigenvalue weighted by molar-refractivity contribution is 9.09. The summed E-state index contributed by atoms with van der Waals surface area (Å²) in [6, 6.07) is 9.54. The molecule has 1 aromatic heterocycles. The van der Waals surface area contributed by atoms with Crippen LogP contribution >= 0.6 is 15.9 Å². The molecule has 0 radical (unpaired) electrons. The second-order valence-electron chi connectivity index (χ2n) is 6.13. The number of nitrogens with zero attached hydrogens (tertiary/aromatic N) is 2. The van der Waals surface area contributed by atoms with E-state index in [1.807, 2.05) is 26.0 Å². The Labute approximate surface area is 143 Å². The molecule has 0 spiro atoms. The Bertz CT molecular complexity index is 825. The maximum atomic E-state index is 12.5. The zero-order chi connectivity index (χ0) is 16.6. The van der Waals surface area contributed by atoms with Crippen LogP contribution in [0.2, 0.25) is 0 Å². The van der Waals surface area contributed by atoms with E-state index in [1.165, 1.54) is 32.6 Å². The molecule has 1 aliphatic rings. The Morgan fingerprint density at radius 2 is 1.83 bits per heavy atom. The quantitative estimate of drug-likeness (QED) is 0.836. The predicted octanol–water partition coefficient (Wildman–Crippen LogP) is 3.11. The molecule has 0 saturated heterocycles. The van der Waals surface area contributed by atoms with Crippen molar-refractivity contribution in [3.05, 3.63) is 68.5 Å². The van der Waals surface area contributed by atoms with Crippen LogP contribution < -0.4 is 16.7 Å². The highest BCUT2D eigenvalue weighted by atomic mass is 79.9. The fraction of sp³-hybridized carbons (Fsp3) is 0.412. The van der Waals surface area contributed by atoms with E-state index in [9.17, 15) is 9.59 Å². The molecule has 0 bridgehead atoms. The van der Waals surface area contributed by atoms with Gasteiger partial charge in [-0.15, -0.1) is 0 Å². The summed E-state index contributed by atoms with van der Waals surface area (Å²) in [5.74, 6) is 0. The fourth-order valence-corrected chi connectivity index (χ4v) is 3.79. The molecule has 1 heterocycles. The number of hydrogen-bond acceptors (Lipinski definition) is 3. The van der Waals surface area contributed by atoms with E-state index in [1.54, 1.807) is 0 Å². The first kappa shape index (κ1) is 16.1. The number of benzene rings is 1. The lowest BCUT2D eigenvalue weighted by molar-refractivity contribution is 0.493. The molecule has 0 saturated carbocycles. The molecule has 2 atom stereocenters. The molecule has 3 rings (SSSR count). The van der Waals surface area contributed by atoms with Gasteiger partial charge in [-0.2, -0.15) is 0 Å². The van der Waals surface area contributed by atoms with Crippen molar-refractivity contribution in [2.45, 2.75) is 43.6 Å². The summed E-state index contributed by atoms with van der Waals surface area (Å²) in [6.07, 6.45) is 3.43. The molecular formula is C17H20BrN3O2. The molecule has 0 amide bonds. The van der Waals surface area contributed by atoms with Gasteiger partial charge in [0.1, 0.15) is 0 Å². The van der Waals surface area contributed by atoms with Crippen molar-refractivity contribution in [1.82, 2.24) is 9.24 Å². The molecule has 2 aromatic rings. The Hall–Kier alpha value is -1.82. The number of nitrogens with one attached hydrogen (secondary N) is 1. The van der Waals surface area contributed by atoms with Crippen LogP contribution in [0.5, 0.6) is 0 Å². The van der Waals surface area contributed by atoms with Crippen molar-refractivity contribution in [1.29, 1.82) is 0 Å². The van der Waals surface area contributed by atoms with E-state index in [4.69, 9.17) is 0 Å². The fourth-order valence-electron chi connectivity index (χ4n) is 3.11. The minimum absolute atomic E-state index is 0.0517. The van der Waals surface area contributed by atoms with Gasteiger partial charge >= 0.3 is 5.69 Å². The molecule has 1 N–H and O–H groups in total. The van der Waals surface area contributed by atoms with Gasteiger partial charge in [0.15, 0.2) is 0 Å².